The summed E-state index contributed by atoms with van der Waals surface area (Å²) < 4.78 is 5.41. The van der Waals surface area contributed by atoms with E-state index in [4.69, 9.17) is 5.11 Å². The van der Waals surface area contributed by atoms with Crippen molar-refractivity contribution in [3.05, 3.63) is 28.8 Å². The Morgan fingerprint density at radius 3 is 2.95 bits per heavy atom. The number of nitrogens with zero attached hydrogens (tertiary/aromatic N) is 4. The third-order valence-electron chi connectivity index (χ3n) is 2.76. The first-order valence-electron chi connectivity index (χ1n) is 6.46. The lowest BCUT2D eigenvalue weighted by Crippen LogP contribution is -2.27. The van der Waals surface area contributed by atoms with Gasteiger partial charge in [0, 0.05) is 19.3 Å². The number of aromatic nitrogens is 4. The van der Waals surface area contributed by atoms with Gasteiger partial charge < -0.3 is 15.0 Å². The first-order chi connectivity index (χ1) is 10.1. The highest BCUT2D eigenvalue weighted by Gasteiger charge is 2.15. The van der Waals surface area contributed by atoms with Crippen molar-refractivity contribution in [1.29, 1.82) is 0 Å². The molecule has 0 aliphatic carbocycles. The fourth-order valence-corrected chi connectivity index (χ4v) is 2.38. The minimum absolute atomic E-state index is 0.0155. The van der Waals surface area contributed by atoms with Crippen LogP contribution in [-0.4, -0.2) is 42.7 Å². The number of carbonyl (C=O) groups excluding carboxylic acids is 1. The van der Waals surface area contributed by atoms with E-state index in [2.05, 4.69) is 19.9 Å². The molecule has 0 saturated carbocycles. The van der Waals surface area contributed by atoms with Gasteiger partial charge in [0.2, 0.25) is 0 Å². The van der Waals surface area contributed by atoms with Crippen LogP contribution in [-0.2, 0) is 13.0 Å². The molecular weight excluding hydrogens is 294 g/mol. The predicted octanol–water partition coefficient (Wildman–Crippen LogP) is 0.815. The van der Waals surface area contributed by atoms with Crippen molar-refractivity contribution in [3.63, 3.8) is 0 Å². The van der Waals surface area contributed by atoms with Crippen LogP contribution in [0.1, 0.15) is 39.2 Å². The van der Waals surface area contributed by atoms with Crippen LogP contribution < -0.4 is 5.32 Å². The maximum absolute atomic E-state index is 12.0. The lowest BCUT2D eigenvalue weighted by molar-refractivity contribution is 0.0690. The molecule has 2 aromatic rings. The van der Waals surface area contributed by atoms with Gasteiger partial charge >= 0.3 is 5.97 Å². The van der Waals surface area contributed by atoms with E-state index in [1.807, 2.05) is 6.92 Å². The van der Waals surface area contributed by atoms with Crippen molar-refractivity contribution >= 4 is 23.4 Å². The first kappa shape index (κ1) is 15.1. The van der Waals surface area contributed by atoms with Gasteiger partial charge in [0.1, 0.15) is 4.88 Å². The van der Waals surface area contributed by atoms with E-state index < -0.39 is 5.97 Å². The molecule has 8 nitrogen and oxygen atoms in total. The molecule has 0 unspecified atom stereocenters. The number of aromatic carboxylic acids is 1. The molecule has 0 aromatic carbocycles. The molecule has 0 radical (unpaired) electrons. The maximum Gasteiger partial charge on any atom is 0.356 e. The fraction of sp³-hybridized carbons (Fsp3) is 0.417. The molecule has 0 bridgehead atoms. The Labute approximate surface area is 125 Å². The number of imidazole rings is 1. The van der Waals surface area contributed by atoms with Crippen LogP contribution in [0.25, 0.3) is 0 Å². The second-order valence-electron chi connectivity index (χ2n) is 4.36. The van der Waals surface area contributed by atoms with Crippen molar-refractivity contribution in [2.75, 3.05) is 6.54 Å². The molecule has 0 fully saturated rings. The quantitative estimate of drug-likeness (QED) is 0.783. The molecule has 0 saturated heterocycles. The van der Waals surface area contributed by atoms with E-state index in [9.17, 15) is 9.59 Å². The predicted molar refractivity (Wildman–Crippen MR) is 75.4 cm³/mol. The SMILES string of the molecule is CCCc1nnsc1C(=O)NCCn1cnc(C(=O)O)c1. The van der Waals surface area contributed by atoms with Crippen LogP contribution >= 0.6 is 11.5 Å². The van der Waals surface area contributed by atoms with E-state index in [0.717, 1.165) is 30.1 Å². The summed E-state index contributed by atoms with van der Waals surface area (Å²) in [6.45, 7) is 2.83. The largest absolute Gasteiger partial charge is 0.476 e. The van der Waals surface area contributed by atoms with E-state index in [1.54, 1.807) is 4.57 Å². The Balaban J connectivity index is 1.86. The van der Waals surface area contributed by atoms with E-state index in [1.165, 1.54) is 12.5 Å². The molecule has 2 rings (SSSR count). The number of nitrogens with one attached hydrogen (secondary N) is 1. The Bertz CT molecular complexity index is 636. The van der Waals surface area contributed by atoms with Gasteiger partial charge in [-0.25, -0.2) is 9.78 Å². The second-order valence-corrected chi connectivity index (χ2v) is 5.11. The smallest absolute Gasteiger partial charge is 0.356 e. The third-order valence-corrected chi connectivity index (χ3v) is 3.52. The Morgan fingerprint density at radius 2 is 2.29 bits per heavy atom. The molecule has 21 heavy (non-hydrogen) atoms. The van der Waals surface area contributed by atoms with Crippen molar-refractivity contribution in [3.8, 4) is 0 Å². The zero-order valence-electron chi connectivity index (χ0n) is 11.4. The molecule has 0 aliphatic rings. The lowest BCUT2D eigenvalue weighted by Gasteiger charge is -2.04. The maximum atomic E-state index is 12.0. The Hall–Kier alpha value is -2.29. The standard InChI is InChI=1S/C12H15N5O3S/c1-2-3-8-10(21-16-15-8)11(18)13-4-5-17-6-9(12(19)20)14-7-17/h6-7H,2-5H2,1H3,(H,13,18)(H,19,20). The lowest BCUT2D eigenvalue weighted by atomic mass is 10.2. The summed E-state index contributed by atoms with van der Waals surface area (Å²) in [6.07, 6.45) is 4.47. The van der Waals surface area contributed by atoms with Crippen LogP contribution in [0.15, 0.2) is 12.5 Å². The second kappa shape index (κ2) is 6.93. The topological polar surface area (TPSA) is 110 Å². The third kappa shape index (κ3) is 3.85. The number of rotatable bonds is 7. The first-order valence-corrected chi connectivity index (χ1v) is 7.23. The van der Waals surface area contributed by atoms with Crippen LogP contribution in [0.3, 0.4) is 0 Å². The number of carboxylic acids is 1. The number of hydrogen-bond donors (Lipinski definition) is 2. The molecule has 1 amide bonds. The monoisotopic (exact) mass is 309 g/mol. The fourth-order valence-electron chi connectivity index (χ4n) is 1.75. The van der Waals surface area contributed by atoms with Gasteiger partial charge in [0.15, 0.2) is 5.69 Å². The van der Waals surface area contributed by atoms with Gasteiger partial charge in [-0.05, 0) is 18.0 Å². The van der Waals surface area contributed by atoms with Gasteiger partial charge in [-0.2, -0.15) is 0 Å². The van der Waals surface area contributed by atoms with Gasteiger partial charge in [-0.1, -0.05) is 17.8 Å². The Morgan fingerprint density at radius 1 is 1.48 bits per heavy atom. The van der Waals surface area contributed by atoms with Gasteiger partial charge in [0.25, 0.3) is 5.91 Å². The molecule has 2 heterocycles. The van der Waals surface area contributed by atoms with Crippen molar-refractivity contribution in [2.45, 2.75) is 26.3 Å². The van der Waals surface area contributed by atoms with Crippen LogP contribution in [0.5, 0.6) is 0 Å². The molecule has 9 heteroatoms. The van der Waals surface area contributed by atoms with Crippen molar-refractivity contribution < 1.29 is 14.7 Å². The zero-order valence-corrected chi connectivity index (χ0v) is 12.3. The minimum Gasteiger partial charge on any atom is -0.476 e. The molecule has 0 aliphatic heterocycles. The van der Waals surface area contributed by atoms with Crippen molar-refractivity contribution in [2.24, 2.45) is 0 Å². The van der Waals surface area contributed by atoms with E-state index in [-0.39, 0.29) is 11.6 Å². The summed E-state index contributed by atoms with van der Waals surface area (Å²) in [5.74, 6) is -1.27. The van der Waals surface area contributed by atoms with Crippen LogP contribution in [0.2, 0.25) is 0 Å². The number of carboxylic acid groups (broad SMARTS) is 1. The molecule has 112 valence electrons. The van der Waals surface area contributed by atoms with Crippen LogP contribution in [0, 0.1) is 0 Å². The number of hydrogen-bond acceptors (Lipinski definition) is 6. The summed E-state index contributed by atoms with van der Waals surface area (Å²) >= 11 is 1.08. The zero-order chi connectivity index (χ0) is 15.2. The molecular formula is C12H15N5O3S. The minimum atomic E-state index is -1.07. The van der Waals surface area contributed by atoms with E-state index >= 15 is 0 Å². The molecule has 2 N–H and O–H groups in total. The highest BCUT2D eigenvalue weighted by atomic mass is 32.1. The summed E-state index contributed by atoms with van der Waals surface area (Å²) in [6, 6.07) is 0. The molecule has 0 atom stereocenters. The normalized spacial score (nSPS) is 10.5. The van der Waals surface area contributed by atoms with Gasteiger partial charge in [-0.15, -0.1) is 5.10 Å². The summed E-state index contributed by atoms with van der Waals surface area (Å²) in [7, 11) is 0. The molecule has 2 aromatic heterocycles. The Kier molecular flexibility index (Phi) is 4.99. The van der Waals surface area contributed by atoms with Gasteiger partial charge in [0.05, 0.1) is 12.0 Å². The van der Waals surface area contributed by atoms with Gasteiger partial charge in [-0.3, -0.25) is 4.79 Å². The highest BCUT2D eigenvalue weighted by Crippen LogP contribution is 2.12. The summed E-state index contributed by atoms with van der Waals surface area (Å²) in [5.41, 5.74) is 0.703. The number of amides is 1. The van der Waals surface area contributed by atoms with Crippen LogP contribution in [0.4, 0.5) is 0 Å². The highest BCUT2D eigenvalue weighted by molar-refractivity contribution is 7.08. The van der Waals surface area contributed by atoms with E-state index in [0.29, 0.717) is 18.0 Å². The summed E-state index contributed by atoms with van der Waals surface area (Å²) in [5, 5.41) is 15.5. The average molecular weight is 309 g/mol. The molecule has 0 spiro atoms. The number of aryl methyl sites for hydroxylation is 1. The summed E-state index contributed by atoms with van der Waals surface area (Å²) in [4.78, 5) is 27.0. The van der Waals surface area contributed by atoms with Crippen molar-refractivity contribution in [1.82, 2.24) is 24.5 Å². The average Bonchev–Trinajstić information content (AvgIpc) is 3.08. The number of carbonyl (C=O) groups is 2.